The lowest BCUT2D eigenvalue weighted by molar-refractivity contribution is -0.139. The van der Waals surface area contributed by atoms with Gasteiger partial charge < -0.3 is 20.1 Å². The lowest BCUT2D eigenvalue weighted by Gasteiger charge is -2.30. The molecule has 1 aliphatic rings. The monoisotopic (exact) mass is 470 g/mol. The largest absolute Gasteiger partial charge is 0.483 e. The molecule has 172 valence electrons. The van der Waals surface area contributed by atoms with Crippen LogP contribution in [0.25, 0.3) is 0 Å². The summed E-state index contributed by atoms with van der Waals surface area (Å²) in [5, 5.41) is 10.1. The molecular weight excluding hydrogens is 447 g/mol. The van der Waals surface area contributed by atoms with Crippen LogP contribution in [-0.4, -0.2) is 36.4 Å². The average Bonchev–Trinajstić information content (AvgIpc) is 2.78. The highest BCUT2D eigenvalue weighted by atomic mass is 32.1. The molecule has 1 heterocycles. The Bertz CT molecular complexity index is 1120. The first-order valence-electron chi connectivity index (χ1n) is 10.1. The number of carbonyl (C=O) groups is 2. The third-order valence-electron chi connectivity index (χ3n) is 4.65. The van der Waals surface area contributed by atoms with Crippen molar-refractivity contribution < 1.29 is 23.5 Å². The van der Waals surface area contributed by atoms with Gasteiger partial charge in [0.1, 0.15) is 11.6 Å². The van der Waals surface area contributed by atoms with Crippen LogP contribution in [0, 0.1) is 5.82 Å². The second-order valence-corrected chi connectivity index (χ2v) is 7.34. The minimum absolute atomic E-state index is 0.221. The van der Waals surface area contributed by atoms with Gasteiger partial charge in [-0.1, -0.05) is 36.4 Å². The topological polar surface area (TPSA) is 101 Å². The van der Waals surface area contributed by atoms with Gasteiger partial charge in [0.05, 0.1) is 24.4 Å². The van der Waals surface area contributed by atoms with Crippen molar-refractivity contribution in [2.45, 2.75) is 19.9 Å². The first-order chi connectivity index (χ1) is 15.9. The van der Waals surface area contributed by atoms with Crippen LogP contribution < -0.4 is 20.8 Å². The van der Waals surface area contributed by atoms with Crippen molar-refractivity contribution >= 4 is 35.4 Å². The molecule has 0 spiro atoms. The maximum absolute atomic E-state index is 13.6. The van der Waals surface area contributed by atoms with Crippen molar-refractivity contribution in [3.05, 3.63) is 76.7 Å². The fraction of sp³-hybridized carbons (Fsp3) is 0.217. The summed E-state index contributed by atoms with van der Waals surface area (Å²) in [6.07, 6.45) is 1.21. The highest BCUT2D eigenvalue weighted by molar-refractivity contribution is 7.80. The first kappa shape index (κ1) is 23.9. The van der Waals surface area contributed by atoms with E-state index in [-0.39, 0.29) is 18.8 Å². The molecule has 3 N–H and O–H groups in total. The molecule has 1 atom stereocenters. The molecule has 33 heavy (non-hydrogen) atoms. The highest BCUT2D eigenvalue weighted by Gasteiger charge is 2.32. The molecular formula is C23H23FN4O4S. The molecule has 0 bridgehead atoms. The number of rotatable bonds is 8. The summed E-state index contributed by atoms with van der Waals surface area (Å²) in [6, 6.07) is 12.4. The smallest absolute Gasteiger partial charge is 0.338 e. The molecule has 0 aliphatic carbocycles. The number of hydrogen-bond donors (Lipinski definition) is 3. The Kier molecular flexibility index (Phi) is 8.09. The molecule has 10 heteroatoms. The number of nitrogens with one attached hydrogen (secondary N) is 3. The van der Waals surface area contributed by atoms with Crippen molar-refractivity contribution in [1.29, 1.82) is 0 Å². The van der Waals surface area contributed by atoms with Gasteiger partial charge in [-0.3, -0.25) is 4.79 Å². The number of ether oxygens (including phenoxy) is 2. The summed E-state index contributed by atoms with van der Waals surface area (Å²) in [4.78, 5) is 24.8. The summed E-state index contributed by atoms with van der Waals surface area (Å²) in [7, 11) is 0. The van der Waals surface area contributed by atoms with Crippen molar-refractivity contribution in [3.8, 4) is 5.75 Å². The first-order valence-corrected chi connectivity index (χ1v) is 10.5. The van der Waals surface area contributed by atoms with Gasteiger partial charge in [-0.15, -0.1) is 0 Å². The van der Waals surface area contributed by atoms with Crippen LogP contribution in [0.2, 0.25) is 0 Å². The van der Waals surface area contributed by atoms with E-state index in [2.05, 4.69) is 21.2 Å². The fourth-order valence-corrected chi connectivity index (χ4v) is 3.46. The maximum Gasteiger partial charge on any atom is 0.338 e. The van der Waals surface area contributed by atoms with Crippen LogP contribution in [0.5, 0.6) is 5.75 Å². The van der Waals surface area contributed by atoms with Crippen LogP contribution in [0.1, 0.15) is 31.0 Å². The predicted octanol–water partition coefficient (Wildman–Crippen LogP) is 2.71. The molecule has 0 aromatic heterocycles. The van der Waals surface area contributed by atoms with E-state index in [0.29, 0.717) is 27.7 Å². The predicted molar refractivity (Wildman–Crippen MR) is 125 cm³/mol. The summed E-state index contributed by atoms with van der Waals surface area (Å²) >= 11 is 5.25. The van der Waals surface area contributed by atoms with Gasteiger partial charge in [0.15, 0.2) is 11.7 Å². The normalized spacial score (nSPS) is 15.6. The van der Waals surface area contributed by atoms with Crippen LogP contribution in [-0.2, 0) is 14.3 Å². The molecule has 0 fully saturated rings. The van der Waals surface area contributed by atoms with Crippen LogP contribution >= 0.6 is 12.2 Å². The zero-order valence-electron chi connectivity index (χ0n) is 18.1. The molecule has 0 saturated heterocycles. The van der Waals surface area contributed by atoms with E-state index in [1.165, 1.54) is 18.3 Å². The Morgan fingerprint density at radius 2 is 1.94 bits per heavy atom. The third-order valence-corrected chi connectivity index (χ3v) is 4.87. The van der Waals surface area contributed by atoms with Gasteiger partial charge in [0.25, 0.3) is 5.91 Å². The number of benzene rings is 2. The standard InChI is InChI=1S/C23H23FN4O4S/c1-3-31-22(30)20-14(2)26-23(33)27-21(20)16-9-5-7-11-18(16)32-13-19(29)28-25-12-15-8-4-6-10-17(15)24/h4-12,21H,3,13H2,1-2H3,(H,28,29)(H2,26,27,33)/t21-/m0/s1. The zero-order chi connectivity index (χ0) is 23.8. The van der Waals surface area contributed by atoms with Crippen molar-refractivity contribution in [3.63, 3.8) is 0 Å². The number of nitrogens with zero attached hydrogens (tertiary/aromatic N) is 1. The number of esters is 1. The number of allylic oxidation sites excluding steroid dienone is 1. The summed E-state index contributed by atoms with van der Waals surface area (Å²) in [6.45, 7) is 3.33. The number of thiocarbonyl (C=S) groups is 1. The van der Waals surface area contributed by atoms with E-state index < -0.39 is 23.7 Å². The molecule has 0 radical (unpaired) electrons. The molecule has 1 aliphatic heterocycles. The molecule has 0 saturated carbocycles. The summed E-state index contributed by atoms with van der Waals surface area (Å²) < 4.78 is 24.5. The third kappa shape index (κ3) is 6.13. The average molecular weight is 471 g/mol. The number of hydrogen-bond acceptors (Lipinski definition) is 6. The maximum atomic E-state index is 13.6. The molecule has 8 nitrogen and oxygen atoms in total. The van der Waals surface area contributed by atoms with Crippen molar-refractivity contribution in [1.82, 2.24) is 16.1 Å². The van der Waals surface area contributed by atoms with Gasteiger partial charge >= 0.3 is 5.97 Å². The quantitative estimate of drug-likeness (QED) is 0.236. The van der Waals surface area contributed by atoms with E-state index in [4.69, 9.17) is 21.7 Å². The van der Waals surface area contributed by atoms with E-state index in [9.17, 15) is 14.0 Å². The van der Waals surface area contributed by atoms with Crippen molar-refractivity contribution in [2.75, 3.05) is 13.2 Å². The summed E-state index contributed by atoms with van der Waals surface area (Å²) in [5.41, 5.74) is 4.07. The molecule has 2 aromatic rings. The van der Waals surface area contributed by atoms with Gasteiger partial charge in [-0.25, -0.2) is 14.6 Å². The second kappa shape index (κ2) is 11.2. The second-order valence-electron chi connectivity index (χ2n) is 6.93. The van der Waals surface area contributed by atoms with Gasteiger partial charge in [0.2, 0.25) is 0 Å². The SMILES string of the molecule is CCOC(=O)C1=C(C)NC(=S)N[C@H]1c1ccccc1OCC(=O)NN=Cc1ccccc1F. The van der Waals surface area contributed by atoms with Crippen LogP contribution in [0.15, 0.2) is 64.9 Å². The zero-order valence-corrected chi connectivity index (χ0v) is 18.9. The Labute approximate surface area is 195 Å². The Hall–Kier alpha value is -3.79. The molecule has 2 aromatic carbocycles. The molecule has 0 unspecified atom stereocenters. The number of amides is 1. The van der Waals surface area contributed by atoms with E-state index in [0.717, 1.165) is 0 Å². The lowest BCUT2D eigenvalue weighted by atomic mass is 9.95. The number of hydrazone groups is 1. The Morgan fingerprint density at radius 3 is 2.70 bits per heavy atom. The molecule has 1 amide bonds. The van der Waals surface area contributed by atoms with E-state index in [1.54, 1.807) is 50.2 Å². The minimum atomic E-state index is -0.629. The number of para-hydroxylation sites is 1. The lowest BCUT2D eigenvalue weighted by Crippen LogP contribution is -2.45. The van der Waals surface area contributed by atoms with Gasteiger partial charge in [-0.05, 0) is 38.2 Å². The van der Waals surface area contributed by atoms with Crippen LogP contribution in [0.4, 0.5) is 4.39 Å². The Balaban J connectivity index is 1.73. The van der Waals surface area contributed by atoms with Gasteiger partial charge in [-0.2, -0.15) is 5.10 Å². The van der Waals surface area contributed by atoms with E-state index >= 15 is 0 Å². The number of halogens is 1. The Morgan fingerprint density at radius 1 is 1.21 bits per heavy atom. The number of carbonyl (C=O) groups excluding carboxylic acids is 2. The van der Waals surface area contributed by atoms with Gasteiger partial charge in [0, 0.05) is 16.8 Å². The molecule has 3 rings (SSSR count). The summed E-state index contributed by atoms with van der Waals surface area (Å²) in [5.74, 6) is -1.10. The van der Waals surface area contributed by atoms with Crippen LogP contribution in [0.3, 0.4) is 0 Å². The van der Waals surface area contributed by atoms with Crippen molar-refractivity contribution in [2.24, 2.45) is 5.10 Å². The fourth-order valence-electron chi connectivity index (χ4n) is 3.19. The highest BCUT2D eigenvalue weighted by Crippen LogP contribution is 2.33. The van der Waals surface area contributed by atoms with E-state index in [1.807, 2.05) is 0 Å². The minimum Gasteiger partial charge on any atom is -0.483 e.